The van der Waals surface area contributed by atoms with E-state index in [1.807, 2.05) is 0 Å². The van der Waals surface area contributed by atoms with Gasteiger partial charge in [0.1, 0.15) is 0 Å². The Hall–Kier alpha value is 15.1. The van der Waals surface area contributed by atoms with E-state index in [0.717, 1.165) is 0 Å². The molecule has 0 unspecified atom stereocenters. The second-order valence-corrected chi connectivity index (χ2v) is 12.5. The van der Waals surface area contributed by atoms with Gasteiger partial charge >= 0.3 is 513 Å². The van der Waals surface area contributed by atoms with Crippen molar-refractivity contribution in [3.63, 3.8) is 0 Å². The molecule has 0 aromatic heterocycles. The summed E-state index contributed by atoms with van der Waals surface area (Å²) in [5.41, 5.74) is 0. The standard InChI is InChI=1S/5Ca.6H3O4P.6O3Si.H2O.5Sr.5Zn/c;;;;;6*1-5(2,3)4;6*1-4(2)3;;;;;;;;;;;/h;;;;;6*(H3,1,2,3,4);;;;;;;1H2;;;;;;;;;;/q5*+2;;;;;;;6*-2;;10*+2/p-18. The average molecular weight is 2010 g/mol. The summed E-state index contributed by atoms with van der Waals surface area (Å²) in [5, 5.41) is 0. The van der Waals surface area contributed by atoms with Gasteiger partial charge in [0.05, 0.1) is 0 Å². The molecule has 0 spiro atoms. The molecule has 2 N–H and O–H groups in total. The van der Waals surface area contributed by atoms with Gasteiger partial charge in [-0.25, -0.2) is 0 Å². The quantitative estimate of drug-likeness (QED) is 0.160. The maximum Gasteiger partial charge on any atom is 2.00 e. The SMILES string of the molecule is O.O=P([O-])([O-])[O-].O=P([O-])([O-])[O-].O=P([O-])([O-])[O-].O=P([O-])([O-])[O-].O=P([O-])([O-])[O-].O=P([O-])([O-])[O-].O=[Si]([O-])[O-].O=[Si]([O-])[O-].O=[Si]([O-])[O-].O=[Si]([O-])[O-].O=[Si]([O-])[O-].O=[Si]([O-])[O-].[Ca+2].[Ca+2].[Ca+2].[Ca+2].[Ca+2].[Sr+2].[Sr+2].[Sr+2].[Sr+2].[Sr+2].[Zn+2].[Zn+2].[Zn+2].[Zn+2].[Zn+2]. The molecule has 0 aliphatic rings. The van der Waals surface area contributed by atoms with Crippen LogP contribution in [0.4, 0.5) is 0 Å². The van der Waals surface area contributed by atoms with Gasteiger partial charge in [0, 0.05) is 55.0 Å². The van der Waals surface area contributed by atoms with Gasteiger partial charge < -0.3 is 205 Å². The van der Waals surface area contributed by atoms with Gasteiger partial charge in [-0.15, -0.1) is 0 Å². The molecule has 0 aromatic rings. The molecule has 0 rings (SSSR count). The first kappa shape index (κ1) is 185. The molecule has 70 heavy (non-hydrogen) atoms. The first-order valence-electron chi connectivity index (χ1n) is 8.06. The largest absolute Gasteiger partial charge is 2.00 e. The van der Waals surface area contributed by atoms with E-state index in [1.54, 1.807) is 0 Å². The third-order valence-electron chi connectivity index (χ3n) is 0. The van der Waals surface area contributed by atoms with Crippen LogP contribution in [0.25, 0.3) is 0 Å². The zero-order valence-corrected chi connectivity index (χ0v) is 88.6. The Morgan fingerprint density at radius 1 is 0.200 bits per heavy atom. The molecule has 0 radical (unpaired) electrons. The minimum absolute atomic E-state index is 0. The van der Waals surface area contributed by atoms with Crippen LogP contribution in [0.3, 0.4) is 0 Å². The molecule has 0 aliphatic carbocycles. The second-order valence-electron chi connectivity index (χ2n) is 4.18. The van der Waals surface area contributed by atoms with Crippen molar-refractivity contribution in [2.45, 2.75) is 0 Å². The van der Waals surface area contributed by atoms with E-state index in [2.05, 4.69) is 0 Å². The van der Waals surface area contributed by atoms with Gasteiger partial charge in [-0.2, -0.15) is 46.9 Å². The Morgan fingerprint density at radius 3 is 0.200 bits per heavy atom. The molecule has 0 fully saturated rings. The van der Waals surface area contributed by atoms with E-state index in [1.165, 1.54) is 0 Å². The minimum Gasteiger partial charge on any atom is -0.822 e. The Bertz CT molecular complexity index is 976. The van der Waals surface area contributed by atoms with Gasteiger partial charge in [0.2, 0.25) is 0 Å². The molecule has 344 valence electrons. The van der Waals surface area contributed by atoms with Gasteiger partial charge in [-0.3, -0.25) is 0 Å². The van der Waals surface area contributed by atoms with Crippen LogP contribution in [-0.2, 0) is 152 Å². The normalized spacial score (nSPS) is 7.11. The zero-order chi connectivity index (χ0) is 48.5. The van der Waals surface area contributed by atoms with Crippen molar-refractivity contribution in [3.8, 4) is 0 Å². The molecule has 0 amide bonds. The monoisotopic (exact) mass is 2000 g/mol. The first-order chi connectivity index (χ1) is 22.4. The van der Waals surface area contributed by atoms with Crippen molar-refractivity contribution in [2.75, 3.05) is 0 Å². The molecule has 0 saturated heterocycles. The molecule has 0 atom stereocenters. The molecule has 0 saturated carbocycles. The summed E-state index contributed by atoms with van der Waals surface area (Å²) in [4.78, 5) is 256. The van der Waals surface area contributed by atoms with E-state index in [9.17, 15) is 0 Å². The van der Waals surface area contributed by atoms with Crippen molar-refractivity contribution < 1.29 is 303 Å². The molecule has 0 heterocycles. The fraction of sp³-hybridized carbons (Fsp3) is 0. The number of hydrogen-bond donors (Lipinski definition) is 0. The summed E-state index contributed by atoms with van der Waals surface area (Å²) < 4.78 is 102. The molecule has 0 aromatic carbocycles. The topological polar surface area (TPSA) is 928 Å². The zero-order valence-electron chi connectivity index (χ0n) is 33.9. The van der Waals surface area contributed by atoms with Gasteiger partial charge in [-0.1, -0.05) is 0 Å². The van der Waals surface area contributed by atoms with E-state index in [4.69, 9.17) is 200 Å². The van der Waals surface area contributed by atoms with Crippen LogP contribution in [0.15, 0.2) is 0 Å². The third kappa shape index (κ3) is 2450. The van der Waals surface area contributed by atoms with Crippen molar-refractivity contribution >= 4 is 518 Å². The summed E-state index contributed by atoms with van der Waals surface area (Å²) >= 11 is 0. The Morgan fingerprint density at radius 2 is 0.200 bits per heavy atom. The molecular formula is H2Ca5O43P6Si6Sr5Zn5. The van der Waals surface area contributed by atoms with Crippen LogP contribution < -0.4 is 146 Å². The van der Waals surface area contributed by atoms with E-state index in [0.29, 0.717) is 0 Å². The maximum absolute atomic E-state index is 8.55. The van der Waals surface area contributed by atoms with Crippen molar-refractivity contribution in [1.29, 1.82) is 0 Å². The van der Waals surface area contributed by atoms with Crippen molar-refractivity contribution in [2.24, 2.45) is 0 Å². The summed E-state index contributed by atoms with van der Waals surface area (Å²) in [6.07, 6.45) is 0. The third-order valence-corrected chi connectivity index (χ3v) is 0. The number of phosphoric acid groups is 6. The fourth-order valence-electron chi connectivity index (χ4n) is 0. The van der Waals surface area contributed by atoms with Crippen molar-refractivity contribution in [1.82, 2.24) is 0 Å². The number of rotatable bonds is 0. The van der Waals surface area contributed by atoms with Crippen LogP contribution in [0.2, 0.25) is 0 Å². The van der Waals surface area contributed by atoms with Crippen LogP contribution in [0.5, 0.6) is 0 Å². The summed E-state index contributed by atoms with van der Waals surface area (Å²) in [6, 6.07) is 0. The summed E-state index contributed by atoms with van der Waals surface area (Å²) in [5.74, 6) is 0. The number of hydrogen-bond acceptors (Lipinski definition) is 42. The molecule has 43 nitrogen and oxygen atoms in total. The van der Waals surface area contributed by atoms with Crippen molar-refractivity contribution in [3.05, 3.63) is 0 Å². The molecular weight excluding hydrogens is 2010 g/mol. The van der Waals surface area contributed by atoms with Gasteiger partial charge in [0.15, 0.2) is 0 Å². The average Bonchev–Trinajstić information content (AvgIpc) is 2.55. The summed E-state index contributed by atoms with van der Waals surface area (Å²) in [6.45, 7) is 0. The van der Waals surface area contributed by atoms with E-state index in [-0.39, 0.29) is 519 Å². The predicted octanol–water partition coefficient (Wildman–Crippen LogP) is -38.9. The van der Waals surface area contributed by atoms with Crippen LogP contribution in [0, 0.1) is 0 Å². The minimum atomic E-state index is -5.39. The van der Waals surface area contributed by atoms with E-state index >= 15 is 0 Å². The summed E-state index contributed by atoms with van der Waals surface area (Å²) in [7, 11) is -54.1. The Labute approximate surface area is 799 Å². The van der Waals surface area contributed by atoms with Crippen LogP contribution in [-0.4, -0.2) is 477 Å². The smallest absolute Gasteiger partial charge is 0.822 e. The van der Waals surface area contributed by atoms with Gasteiger partial charge in [0.25, 0.3) is 0 Å². The first-order valence-corrected chi connectivity index (χ1v) is 24.2. The predicted molar refractivity (Wildman–Crippen MR) is 145 cm³/mol. The molecule has 0 aliphatic heterocycles. The Balaban J connectivity index is -0.0000000104. The van der Waals surface area contributed by atoms with Gasteiger partial charge in [-0.05, 0) is 0 Å². The van der Waals surface area contributed by atoms with Crippen LogP contribution in [0.1, 0.15) is 0 Å². The van der Waals surface area contributed by atoms with E-state index < -0.39 is 102 Å². The fourth-order valence-corrected chi connectivity index (χ4v) is 0. The maximum atomic E-state index is 8.55. The Kier molecular flexibility index (Phi) is 321. The molecule has 70 heteroatoms. The second kappa shape index (κ2) is 122. The molecule has 0 bridgehead atoms. The van der Waals surface area contributed by atoms with Crippen LogP contribution >= 0.6 is 46.9 Å².